The van der Waals surface area contributed by atoms with Crippen LogP contribution in [0, 0.1) is 6.92 Å². The van der Waals surface area contributed by atoms with Crippen LogP contribution in [0.15, 0.2) is 54.7 Å². The van der Waals surface area contributed by atoms with E-state index < -0.39 is 0 Å². The monoisotopic (exact) mass is 234 g/mol. The van der Waals surface area contributed by atoms with E-state index in [1.54, 1.807) is 0 Å². The predicted molar refractivity (Wildman–Crippen MR) is 76.3 cm³/mol. The van der Waals surface area contributed by atoms with E-state index in [4.69, 9.17) is 5.73 Å². The summed E-state index contributed by atoms with van der Waals surface area (Å²) in [7, 11) is 0. The number of para-hydroxylation sites is 1. The van der Waals surface area contributed by atoms with Gasteiger partial charge in [-0.15, -0.1) is 0 Å². The van der Waals surface area contributed by atoms with Crippen molar-refractivity contribution in [2.75, 3.05) is 5.73 Å². The summed E-state index contributed by atoms with van der Waals surface area (Å²) in [5.74, 6) is 0. The fourth-order valence-corrected chi connectivity index (χ4v) is 2.17. The molecular weight excluding hydrogens is 220 g/mol. The van der Waals surface area contributed by atoms with Crippen molar-refractivity contribution in [3.63, 3.8) is 0 Å². The van der Waals surface area contributed by atoms with Crippen LogP contribution in [0.25, 0.3) is 22.0 Å². The first-order valence-corrected chi connectivity index (χ1v) is 5.95. The molecule has 0 aliphatic heterocycles. The van der Waals surface area contributed by atoms with Gasteiger partial charge >= 0.3 is 0 Å². The summed E-state index contributed by atoms with van der Waals surface area (Å²) in [6.07, 6.45) is 1.91. The number of aromatic nitrogens is 1. The predicted octanol–water partition coefficient (Wildman–Crippen LogP) is 3.79. The lowest BCUT2D eigenvalue weighted by Crippen LogP contribution is -1.90. The molecule has 2 heteroatoms. The first-order valence-electron chi connectivity index (χ1n) is 5.95. The number of hydrogen-bond donors (Lipinski definition) is 1. The summed E-state index contributed by atoms with van der Waals surface area (Å²) in [6.45, 7) is 2.09. The molecule has 0 bridgehead atoms. The van der Waals surface area contributed by atoms with Crippen molar-refractivity contribution in [1.82, 2.24) is 4.98 Å². The van der Waals surface area contributed by atoms with Gasteiger partial charge in [-0.3, -0.25) is 4.98 Å². The maximum Gasteiger partial charge on any atom is 0.0702 e. The molecule has 0 spiro atoms. The highest BCUT2D eigenvalue weighted by molar-refractivity contribution is 5.84. The summed E-state index contributed by atoms with van der Waals surface area (Å²) in [5.41, 5.74) is 11.1. The Hall–Kier alpha value is -2.35. The van der Waals surface area contributed by atoms with Crippen LogP contribution in [-0.2, 0) is 0 Å². The van der Waals surface area contributed by atoms with Gasteiger partial charge < -0.3 is 5.73 Å². The van der Waals surface area contributed by atoms with Gasteiger partial charge in [-0.2, -0.15) is 0 Å². The van der Waals surface area contributed by atoms with Gasteiger partial charge in [-0.05, 0) is 42.3 Å². The molecule has 1 aromatic heterocycles. The number of nitrogens with zero attached hydrogens (tertiary/aromatic N) is 1. The summed E-state index contributed by atoms with van der Waals surface area (Å²) in [6, 6.07) is 16.2. The normalized spacial score (nSPS) is 10.7. The molecule has 0 saturated heterocycles. The van der Waals surface area contributed by atoms with E-state index in [9.17, 15) is 0 Å². The van der Waals surface area contributed by atoms with Crippen molar-refractivity contribution >= 4 is 16.6 Å². The second kappa shape index (κ2) is 4.15. The Morgan fingerprint density at radius 1 is 1.00 bits per heavy atom. The first kappa shape index (κ1) is 10.8. The molecule has 0 aliphatic rings. The van der Waals surface area contributed by atoms with Gasteiger partial charge in [0.2, 0.25) is 0 Å². The third-order valence-electron chi connectivity index (χ3n) is 3.16. The molecule has 0 fully saturated rings. The Balaban J connectivity index is 2.22. The first-order chi connectivity index (χ1) is 8.74. The Morgan fingerprint density at radius 3 is 2.72 bits per heavy atom. The van der Waals surface area contributed by atoms with Crippen molar-refractivity contribution in [3.8, 4) is 11.1 Å². The zero-order chi connectivity index (χ0) is 12.5. The van der Waals surface area contributed by atoms with E-state index >= 15 is 0 Å². The lowest BCUT2D eigenvalue weighted by atomic mass is 10.00. The number of benzene rings is 2. The maximum atomic E-state index is 5.86. The average Bonchev–Trinajstić information content (AvgIpc) is 2.41. The maximum absolute atomic E-state index is 5.86. The molecule has 0 unspecified atom stereocenters. The molecule has 18 heavy (non-hydrogen) atoms. The average molecular weight is 234 g/mol. The smallest absolute Gasteiger partial charge is 0.0702 e. The van der Waals surface area contributed by atoms with Gasteiger partial charge in [0.15, 0.2) is 0 Å². The number of rotatable bonds is 1. The second-order valence-electron chi connectivity index (χ2n) is 4.49. The molecule has 88 valence electrons. The molecule has 2 aromatic carbocycles. The van der Waals surface area contributed by atoms with Crippen LogP contribution in [-0.4, -0.2) is 4.98 Å². The minimum absolute atomic E-state index is 0.781. The van der Waals surface area contributed by atoms with E-state index in [2.05, 4.69) is 24.0 Å². The Kier molecular flexibility index (Phi) is 2.49. The van der Waals surface area contributed by atoms with Gasteiger partial charge in [-0.25, -0.2) is 0 Å². The number of fused-ring (bicyclic) bond motifs is 1. The lowest BCUT2D eigenvalue weighted by molar-refractivity contribution is 1.39. The molecule has 0 saturated carbocycles. The number of hydrogen-bond acceptors (Lipinski definition) is 2. The third kappa shape index (κ3) is 1.82. The zero-order valence-corrected chi connectivity index (χ0v) is 10.2. The third-order valence-corrected chi connectivity index (χ3v) is 3.16. The van der Waals surface area contributed by atoms with Crippen molar-refractivity contribution < 1.29 is 0 Å². The number of nitrogen functional groups attached to an aromatic ring is 1. The topological polar surface area (TPSA) is 38.9 Å². The molecule has 2 nitrogen and oxygen atoms in total. The zero-order valence-electron chi connectivity index (χ0n) is 10.2. The minimum Gasteiger partial charge on any atom is -0.399 e. The fourth-order valence-electron chi connectivity index (χ4n) is 2.17. The Bertz CT molecular complexity index is 717. The molecule has 0 amide bonds. The van der Waals surface area contributed by atoms with E-state index in [1.165, 1.54) is 5.56 Å². The number of nitrogens with two attached hydrogens (primary N) is 1. The fraction of sp³-hybridized carbons (Fsp3) is 0.0625. The van der Waals surface area contributed by atoms with Crippen molar-refractivity contribution in [2.24, 2.45) is 0 Å². The van der Waals surface area contributed by atoms with Crippen LogP contribution in [0.4, 0.5) is 5.69 Å². The van der Waals surface area contributed by atoms with Crippen LogP contribution < -0.4 is 5.73 Å². The van der Waals surface area contributed by atoms with Crippen LogP contribution in [0.1, 0.15) is 5.56 Å². The van der Waals surface area contributed by atoms with E-state index in [0.29, 0.717) is 0 Å². The summed E-state index contributed by atoms with van der Waals surface area (Å²) >= 11 is 0. The van der Waals surface area contributed by atoms with Gasteiger partial charge in [0.1, 0.15) is 0 Å². The summed E-state index contributed by atoms with van der Waals surface area (Å²) in [4.78, 5) is 4.49. The summed E-state index contributed by atoms with van der Waals surface area (Å²) in [5, 5.41) is 1.15. The van der Waals surface area contributed by atoms with Gasteiger partial charge in [-0.1, -0.05) is 24.3 Å². The van der Waals surface area contributed by atoms with Gasteiger partial charge in [0.05, 0.1) is 5.52 Å². The second-order valence-corrected chi connectivity index (χ2v) is 4.49. The van der Waals surface area contributed by atoms with E-state index in [-0.39, 0.29) is 0 Å². The van der Waals surface area contributed by atoms with Crippen LogP contribution in [0.2, 0.25) is 0 Å². The van der Waals surface area contributed by atoms with Crippen LogP contribution >= 0.6 is 0 Å². The molecule has 3 aromatic rings. The highest BCUT2D eigenvalue weighted by Crippen LogP contribution is 2.27. The number of aryl methyl sites for hydroxylation is 1. The van der Waals surface area contributed by atoms with Crippen molar-refractivity contribution in [2.45, 2.75) is 6.92 Å². The molecular formula is C16H14N2. The standard InChI is InChI=1S/C16H14N2/c1-11-6-7-14(17)9-15(11)13-8-12-4-2-3-5-16(12)18-10-13/h2-10H,17H2,1H3. The SMILES string of the molecule is Cc1ccc(N)cc1-c1cnc2ccccc2c1. The molecule has 1 heterocycles. The van der Waals surface area contributed by atoms with E-state index in [0.717, 1.165) is 27.7 Å². The number of anilines is 1. The molecule has 0 atom stereocenters. The van der Waals surface area contributed by atoms with Crippen molar-refractivity contribution in [1.29, 1.82) is 0 Å². The Labute approximate surface area is 106 Å². The highest BCUT2D eigenvalue weighted by Gasteiger charge is 2.04. The molecule has 3 rings (SSSR count). The molecule has 0 radical (unpaired) electrons. The lowest BCUT2D eigenvalue weighted by Gasteiger charge is -2.08. The number of pyridine rings is 1. The summed E-state index contributed by atoms with van der Waals surface area (Å²) < 4.78 is 0. The molecule has 2 N–H and O–H groups in total. The molecule has 0 aliphatic carbocycles. The van der Waals surface area contributed by atoms with Gasteiger partial charge in [0.25, 0.3) is 0 Å². The van der Waals surface area contributed by atoms with Gasteiger partial charge in [0, 0.05) is 22.8 Å². The van der Waals surface area contributed by atoms with Crippen LogP contribution in [0.3, 0.4) is 0 Å². The van der Waals surface area contributed by atoms with Crippen molar-refractivity contribution in [3.05, 3.63) is 60.3 Å². The van der Waals surface area contributed by atoms with E-state index in [1.807, 2.05) is 42.6 Å². The Morgan fingerprint density at radius 2 is 1.83 bits per heavy atom. The van der Waals surface area contributed by atoms with Crippen LogP contribution in [0.5, 0.6) is 0 Å². The quantitative estimate of drug-likeness (QED) is 0.650. The minimum atomic E-state index is 0.781. The largest absolute Gasteiger partial charge is 0.399 e. The highest BCUT2D eigenvalue weighted by atomic mass is 14.6.